The summed E-state index contributed by atoms with van der Waals surface area (Å²) >= 11 is 3.43. The third-order valence-electron chi connectivity index (χ3n) is 2.84. The Morgan fingerprint density at radius 2 is 2.07 bits per heavy atom. The minimum atomic E-state index is 0.504. The molecule has 1 aliphatic carbocycles. The molecular weight excluding hydrogens is 252 g/mol. The summed E-state index contributed by atoms with van der Waals surface area (Å²) in [5.74, 6) is 1.30. The van der Waals surface area contributed by atoms with Crippen molar-refractivity contribution in [1.82, 2.24) is 0 Å². The van der Waals surface area contributed by atoms with E-state index in [1.165, 1.54) is 25.7 Å². The van der Waals surface area contributed by atoms with Crippen LogP contribution in [-0.4, -0.2) is 5.84 Å². The molecule has 0 bridgehead atoms. The Hall–Kier alpha value is -0.830. The van der Waals surface area contributed by atoms with E-state index in [4.69, 9.17) is 5.73 Å². The van der Waals surface area contributed by atoms with Crippen LogP contribution in [0.4, 0.5) is 5.69 Å². The first-order valence-corrected chi connectivity index (χ1v) is 6.14. The van der Waals surface area contributed by atoms with Gasteiger partial charge in [-0.3, -0.25) is 0 Å². The van der Waals surface area contributed by atoms with E-state index >= 15 is 0 Å². The number of rotatable bonds is 2. The highest BCUT2D eigenvalue weighted by molar-refractivity contribution is 9.10. The second kappa shape index (κ2) is 4.79. The number of nitrogens with two attached hydrogens (primary N) is 1. The number of hydrogen-bond acceptors (Lipinski definition) is 1. The van der Waals surface area contributed by atoms with Crippen molar-refractivity contribution in [1.29, 1.82) is 0 Å². The summed E-state index contributed by atoms with van der Waals surface area (Å²) in [4.78, 5) is 4.47. The highest BCUT2D eigenvalue weighted by Gasteiger charge is 2.18. The van der Waals surface area contributed by atoms with Gasteiger partial charge in [-0.05, 0) is 31.0 Å². The van der Waals surface area contributed by atoms with Crippen molar-refractivity contribution in [2.45, 2.75) is 25.7 Å². The van der Waals surface area contributed by atoms with Crippen molar-refractivity contribution in [3.63, 3.8) is 0 Å². The fraction of sp³-hybridized carbons (Fsp3) is 0.417. The summed E-state index contributed by atoms with van der Waals surface area (Å²) < 4.78 is 1.04. The lowest BCUT2D eigenvalue weighted by molar-refractivity contribution is 0.722. The zero-order valence-electron chi connectivity index (χ0n) is 8.62. The SMILES string of the molecule is NC(=Nc1cccc(Br)c1)C1CCCC1. The molecule has 2 N–H and O–H groups in total. The van der Waals surface area contributed by atoms with Crippen LogP contribution < -0.4 is 5.73 Å². The fourth-order valence-corrected chi connectivity index (χ4v) is 2.39. The maximum Gasteiger partial charge on any atom is 0.103 e. The number of nitrogens with zero attached hydrogens (tertiary/aromatic N) is 1. The van der Waals surface area contributed by atoms with Crippen molar-refractivity contribution in [2.24, 2.45) is 16.6 Å². The van der Waals surface area contributed by atoms with Crippen LogP contribution in [0.2, 0.25) is 0 Å². The predicted molar refractivity (Wildman–Crippen MR) is 67.4 cm³/mol. The van der Waals surface area contributed by atoms with Gasteiger partial charge in [0, 0.05) is 10.4 Å². The molecule has 0 heterocycles. The summed E-state index contributed by atoms with van der Waals surface area (Å²) in [7, 11) is 0. The Balaban J connectivity index is 2.14. The van der Waals surface area contributed by atoms with E-state index < -0.39 is 0 Å². The Labute approximate surface area is 98.7 Å². The number of aliphatic imine (C=N–C) groups is 1. The number of halogens is 1. The zero-order chi connectivity index (χ0) is 10.7. The lowest BCUT2D eigenvalue weighted by Crippen LogP contribution is -2.20. The molecule has 80 valence electrons. The maximum absolute atomic E-state index is 6.00. The lowest BCUT2D eigenvalue weighted by atomic mass is 10.1. The van der Waals surface area contributed by atoms with Crippen molar-refractivity contribution in [2.75, 3.05) is 0 Å². The molecule has 0 radical (unpaired) electrons. The highest BCUT2D eigenvalue weighted by atomic mass is 79.9. The van der Waals surface area contributed by atoms with Crippen molar-refractivity contribution in [3.8, 4) is 0 Å². The minimum absolute atomic E-state index is 0.504. The van der Waals surface area contributed by atoms with E-state index in [1.807, 2.05) is 24.3 Å². The molecule has 15 heavy (non-hydrogen) atoms. The van der Waals surface area contributed by atoms with Crippen LogP contribution in [0.5, 0.6) is 0 Å². The lowest BCUT2D eigenvalue weighted by Gasteiger charge is -2.07. The van der Waals surface area contributed by atoms with E-state index in [0.29, 0.717) is 5.92 Å². The Kier molecular flexibility index (Phi) is 3.41. The molecule has 2 nitrogen and oxygen atoms in total. The fourth-order valence-electron chi connectivity index (χ4n) is 2.01. The molecule has 1 saturated carbocycles. The van der Waals surface area contributed by atoms with E-state index in [2.05, 4.69) is 20.9 Å². The van der Waals surface area contributed by atoms with E-state index in [9.17, 15) is 0 Å². The summed E-state index contributed by atoms with van der Waals surface area (Å²) in [6.45, 7) is 0. The highest BCUT2D eigenvalue weighted by Crippen LogP contribution is 2.26. The summed E-state index contributed by atoms with van der Waals surface area (Å²) in [6.07, 6.45) is 4.98. The van der Waals surface area contributed by atoms with Gasteiger partial charge in [-0.15, -0.1) is 0 Å². The average Bonchev–Trinajstić information content (AvgIpc) is 2.70. The molecule has 0 amide bonds. The second-order valence-corrected chi connectivity index (χ2v) is 4.91. The van der Waals surface area contributed by atoms with Crippen LogP contribution >= 0.6 is 15.9 Å². The van der Waals surface area contributed by atoms with Crippen LogP contribution in [0.3, 0.4) is 0 Å². The van der Waals surface area contributed by atoms with Crippen LogP contribution in [0.25, 0.3) is 0 Å². The minimum Gasteiger partial charge on any atom is -0.387 e. The first kappa shape index (κ1) is 10.7. The molecule has 0 aliphatic heterocycles. The van der Waals surface area contributed by atoms with Crippen LogP contribution in [0.1, 0.15) is 25.7 Å². The monoisotopic (exact) mass is 266 g/mol. The molecule has 0 saturated heterocycles. The van der Waals surface area contributed by atoms with Gasteiger partial charge >= 0.3 is 0 Å². The third kappa shape index (κ3) is 2.81. The quantitative estimate of drug-likeness (QED) is 0.645. The van der Waals surface area contributed by atoms with Gasteiger partial charge in [0.15, 0.2) is 0 Å². The molecule has 1 aromatic carbocycles. The van der Waals surface area contributed by atoms with E-state index in [1.54, 1.807) is 0 Å². The second-order valence-electron chi connectivity index (χ2n) is 4.00. The standard InChI is InChI=1S/C12H15BrN2/c13-10-6-3-7-11(8-10)15-12(14)9-4-1-2-5-9/h3,6-9H,1-2,4-5H2,(H2,14,15). The first-order valence-electron chi connectivity index (χ1n) is 5.35. The van der Waals surface area contributed by atoms with Gasteiger partial charge in [0.05, 0.1) is 5.69 Å². The maximum atomic E-state index is 6.00. The Morgan fingerprint density at radius 1 is 1.33 bits per heavy atom. The molecule has 0 spiro atoms. The third-order valence-corrected chi connectivity index (χ3v) is 3.33. The van der Waals surface area contributed by atoms with Crippen LogP contribution in [0, 0.1) is 5.92 Å². The van der Waals surface area contributed by atoms with E-state index in [-0.39, 0.29) is 0 Å². The van der Waals surface area contributed by atoms with Gasteiger partial charge in [0.25, 0.3) is 0 Å². The zero-order valence-corrected chi connectivity index (χ0v) is 10.2. The molecule has 0 atom stereocenters. The Morgan fingerprint density at radius 3 is 2.73 bits per heavy atom. The summed E-state index contributed by atoms with van der Waals surface area (Å²) in [5.41, 5.74) is 6.93. The van der Waals surface area contributed by atoms with Gasteiger partial charge in [-0.2, -0.15) is 0 Å². The molecule has 1 aliphatic rings. The van der Waals surface area contributed by atoms with Crippen LogP contribution in [-0.2, 0) is 0 Å². The molecule has 2 rings (SSSR count). The molecule has 3 heteroatoms. The summed E-state index contributed by atoms with van der Waals surface area (Å²) in [5, 5.41) is 0. The summed E-state index contributed by atoms with van der Waals surface area (Å²) in [6, 6.07) is 7.93. The van der Waals surface area contributed by atoms with Gasteiger partial charge in [-0.1, -0.05) is 34.8 Å². The van der Waals surface area contributed by atoms with Crippen molar-refractivity contribution in [3.05, 3.63) is 28.7 Å². The van der Waals surface area contributed by atoms with Crippen molar-refractivity contribution < 1.29 is 0 Å². The molecule has 0 aromatic heterocycles. The largest absolute Gasteiger partial charge is 0.387 e. The smallest absolute Gasteiger partial charge is 0.103 e. The van der Waals surface area contributed by atoms with E-state index in [0.717, 1.165) is 16.0 Å². The molecule has 1 aromatic rings. The molecule has 1 fully saturated rings. The molecular formula is C12H15BrN2. The van der Waals surface area contributed by atoms with Gasteiger partial charge in [-0.25, -0.2) is 4.99 Å². The normalized spacial score (nSPS) is 18.3. The predicted octanol–water partition coefficient (Wildman–Crippen LogP) is 3.63. The van der Waals surface area contributed by atoms with Gasteiger partial charge in [0.2, 0.25) is 0 Å². The number of benzene rings is 1. The van der Waals surface area contributed by atoms with Gasteiger partial charge < -0.3 is 5.73 Å². The van der Waals surface area contributed by atoms with Gasteiger partial charge in [0.1, 0.15) is 5.84 Å². The van der Waals surface area contributed by atoms with Crippen molar-refractivity contribution >= 4 is 27.5 Å². The van der Waals surface area contributed by atoms with Crippen LogP contribution in [0.15, 0.2) is 33.7 Å². The number of amidine groups is 1. The average molecular weight is 267 g/mol. The molecule has 0 unspecified atom stereocenters. The Bertz CT molecular complexity index is 368. The topological polar surface area (TPSA) is 38.4 Å². The number of hydrogen-bond donors (Lipinski definition) is 1. The first-order chi connectivity index (χ1) is 7.25.